The molecule has 5 nitrogen and oxygen atoms in total. The summed E-state index contributed by atoms with van der Waals surface area (Å²) >= 11 is 0. The Kier molecular flexibility index (Phi) is 5.49. The van der Waals surface area contributed by atoms with Gasteiger partial charge in [0.15, 0.2) is 0 Å². The van der Waals surface area contributed by atoms with Crippen LogP contribution in [0, 0.1) is 6.92 Å². The smallest absolute Gasteiger partial charge is 0.237 e. The van der Waals surface area contributed by atoms with Gasteiger partial charge in [0.1, 0.15) is 0 Å². The van der Waals surface area contributed by atoms with Gasteiger partial charge in [-0.1, -0.05) is 54.6 Å². The number of carbonyl (C=O) groups is 1. The average molecular weight is 389 g/mol. The summed E-state index contributed by atoms with van der Waals surface area (Å²) in [7, 11) is 0. The van der Waals surface area contributed by atoms with Crippen LogP contribution in [-0.4, -0.2) is 28.0 Å². The van der Waals surface area contributed by atoms with E-state index in [4.69, 9.17) is 5.73 Å². The van der Waals surface area contributed by atoms with Crippen molar-refractivity contribution in [2.75, 3.05) is 6.54 Å². The van der Waals surface area contributed by atoms with Crippen molar-refractivity contribution in [2.45, 2.75) is 44.2 Å². The molecule has 1 aromatic heterocycles. The van der Waals surface area contributed by atoms with Crippen LogP contribution in [0.3, 0.4) is 0 Å². The lowest BCUT2D eigenvalue weighted by molar-refractivity contribution is -0.122. The maximum atomic E-state index is 12.6. The van der Waals surface area contributed by atoms with Crippen LogP contribution in [0.15, 0.2) is 67.1 Å². The molecule has 0 spiro atoms. The van der Waals surface area contributed by atoms with Crippen molar-refractivity contribution in [3.8, 4) is 0 Å². The number of carbonyl (C=O) groups excluding carboxylic acids is 1. The van der Waals surface area contributed by atoms with Crippen LogP contribution in [0.25, 0.3) is 0 Å². The molecule has 0 saturated heterocycles. The second-order valence-electron chi connectivity index (χ2n) is 8.15. The normalized spacial score (nSPS) is 15.7. The Morgan fingerprint density at radius 3 is 2.62 bits per heavy atom. The SMILES string of the molecule is Cc1ccccc1C1(CNC(=O)[C@@H](N)Cc2cn(Cc3ccccc3)cn2)CC1. The van der Waals surface area contributed by atoms with Crippen LogP contribution in [0.5, 0.6) is 0 Å². The molecular formula is C24H28N4O. The minimum atomic E-state index is -0.595. The van der Waals surface area contributed by atoms with E-state index in [1.165, 1.54) is 16.7 Å². The quantitative estimate of drug-likeness (QED) is 0.623. The van der Waals surface area contributed by atoms with E-state index < -0.39 is 6.04 Å². The molecule has 5 heteroatoms. The summed E-state index contributed by atoms with van der Waals surface area (Å²) in [5.74, 6) is -0.109. The van der Waals surface area contributed by atoms with Gasteiger partial charge in [0.05, 0.1) is 18.1 Å². The number of rotatable bonds is 8. The number of aryl methyl sites for hydroxylation is 1. The van der Waals surface area contributed by atoms with Gasteiger partial charge in [0.25, 0.3) is 0 Å². The molecule has 1 fully saturated rings. The van der Waals surface area contributed by atoms with Crippen LogP contribution < -0.4 is 11.1 Å². The molecule has 1 heterocycles. The summed E-state index contributed by atoms with van der Waals surface area (Å²) in [5.41, 5.74) is 10.9. The molecule has 1 amide bonds. The first-order valence-corrected chi connectivity index (χ1v) is 10.2. The Hall–Kier alpha value is -2.92. The highest BCUT2D eigenvalue weighted by atomic mass is 16.2. The minimum absolute atomic E-state index is 0.0813. The third-order valence-corrected chi connectivity index (χ3v) is 5.83. The number of amides is 1. The lowest BCUT2D eigenvalue weighted by Gasteiger charge is -2.20. The lowest BCUT2D eigenvalue weighted by atomic mass is 9.92. The number of nitrogens with zero attached hydrogens (tertiary/aromatic N) is 2. The number of hydrogen-bond donors (Lipinski definition) is 2. The summed E-state index contributed by atoms with van der Waals surface area (Å²) < 4.78 is 2.02. The van der Waals surface area contributed by atoms with Crippen molar-refractivity contribution in [1.29, 1.82) is 0 Å². The molecule has 0 aliphatic heterocycles. The fourth-order valence-corrected chi connectivity index (χ4v) is 3.96. The van der Waals surface area contributed by atoms with E-state index in [9.17, 15) is 4.79 Å². The molecule has 1 aliphatic carbocycles. The molecule has 2 aromatic carbocycles. The van der Waals surface area contributed by atoms with Gasteiger partial charge < -0.3 is 15.6 Å². The first-order chi connectivity index (χ1) is 14.1. The van der Waals surface area contributed by atoms with Crippen LogP contribution in [0.1, 0.15) is 35.2 Å². The third kappa shape index (κ3) is 4.57. The standard InChI is InChI=1S/C24H28N4O/c1-18-7-5-6-10-21(18)24(11-12-24)16-26-23(29)22(25)13-20-15-28(17-27-20)14-19-8-3-2-4-9-19/h2-10,15,17,22H,11-14,16,25H2,1H3,(H,26,29)/t22-/m0/s1. The Labute approximate surface area is 172 Å². The number of imidazole rings is 1. The fraction of sp³-hybridized carbons (Fsp3) is 0.333. The van der Waals surface area contributed by atoms with Crippen molar-refractivity contribution < 1.29 is 4.79 Å². The van der Waals surface area contributed by atoms with Gasteiger partial charge >= 0.3 is 0 Å². The molecule has 3 N–H and O–H groups in total. The van der Waals surface area contributed by atoms with Crippen molar-refractivity contribution >= 4 is 5.91 Å². The molecular weight excluding hydrogens is 360 g/mol. The zero-order valence-electron chi connectivity index (χ0n) is 16.8. The van der Waals surface area contributed by atoms with Gasteiger partial charge in [-0.25, -0.2) is 4.98 Å². The topological polar surface area (TPSA) is 72.9 Å². The molecule has 0 unspecified atom stereocenters. The van der Waals surface area contributed by atoms with Crippen LogP contribution in [0.2, 0.25) is 0 Å². The molecule has 150 valence electrons. The summed E-state index contributed by atoms with van der Waals surface area (Å²) in [4.78, 5) is 17.0. The Morgan fingerprint density at radius 1 is 1.17 bits per heavy atom. The van der Waals surface area contributed by atoms with E-state index in [1.807, 2.05) is 29.0 Å². The first kappa shape index (κ1) is 19.4. The zero-order chi connectivity index (χ0) is 20.3. The van der Waals surface area contributed by atoms with Gasteiger partial charge in [0.2, 0.25) is 5.91 Å². The molecule has 29 heavy (non-hydrogen) atoms. The number of nitrogens with two attached hydrogens (primary N) is 1. The summed E-state index contributed by atoms with van der Waals surface area (Å²) in [6, 6.07) is 18.1. The first-order valence-electron chi connectivity index (χ1n) is 10.2. The van der Waals surface area contributed by atoms with Crippen molar-refractivity contribution in [3.63, 3.8) is 0 Å². The van der Waals surface area contributed by atoms with Crippen molar-refractivity contribution in [2.24, 2.45) is 5.73 Å². The fourth-order valence-electron chi connectivity index (χ4n) is 3.96. The van der Waals surface area contributed by atoms with Gasteiger partial charge in [-0.05, 0) is 36.5 Å². The third-order valence-electron chi connectivity index (χ3n) is 5.83. The molecule has 0 radical (unpaired) electrons. The average Bonchev–Trinajstić information content (AvgIpc) is 3.40. The molecule has 0 bridgehead atoms. The zero-order valence-corrected chi connectivity index (χ0v) is 16.8. The van der Waals surface area contributed by atoms with E-state index in [0.717, 1.165) is 25.1 Å². The second kappa shape index (κ2) is 8.21. The minimum Gasteiger partial charge on any atom is -0.354 e. The maximum absolute atomic E-state index is 12.6. The molecule has 4 rings (SSSR count). The monoisotopic (exact) mass is 388 g/mol. The van der Waals surface area contributed by atoms with E-state index >= 15 is 0 Å². The van der Waals surface area contributed by atoms with Gasteiger partial charge in [-0.2, -0.15) is 0 Å². The summed E-state index contributed by atoms with van der Waals surface area (Å²) in [6.07, 6.45) is 6.42. The molecule has 3 aromatic rings. The highest BCUT2D eigenvalue weighted by molar-refractivity contribution is 5.82. The maximum Gasteiger partial charge on any atom is 0.237 e. The summed E-state index contributed by atoms with van der Waals surface area (Å²) in [5, 5.41) is 3.08. The number of hydrogen-bond acceptors (Lipinski definition) is 3. The lowest BCUT2D eigenvalue weighted by Crippen LogP contribution is -2.44. The predicted octanol–water partition coefficient (Wildman–Crippen LogP) is 2.96. The highest BCUT2D eigenvalue weighted by Crippen LogP contribution is 2.48. The second-order valence-corrected chi connectivity index (χ2v) is 8.15. The molecule has 1 saturated carbocycles. The van der Waals surface area contributed by atoms with E-state index in [1.54, 1.807) is 6.33 Å². The Balaban J connectivity index is 1.31. The highest BCUT2D eigenvalue weighted by Gasteiger charge is 2.45. The number of benzene rings is 2. The number of aromatic nitrogens is 2. The van der Waals surface area contributed by atoms with Crippen molar-refractivity contribution in [3.05, 3.63) is 89.5 Å². The van der Waals surface area contributed by atoms with Crippen molar-refractivity contribution in [1.82, 2.24) is 14.9 Å². The van der Waals surface area contributed by atoms with E-state index in [0.29, 0.717) is 13.0 Å². The summed E-state index contributed by atoms with van der Waals surface area (Å²) in [6.45, 7) is 3.54. The van der Waals surface area contributed by atoms with E-state index in [2.05, 4.69) is 53.6 Å². The largest absolute Gasteiger partial charge is 0.354 e. The van der Waals surface area contributed by atoms with Crippen LogP contribution >= 0.6 is 0 Å². The van der Waals surface area contributed by atoms with Gasteiger partial charge in [0, 0.05) is 31.1 Å². The van der Waals surface area contributed by atoms with E-state index in [-0.39, 0.29) is 11.3 Å². The number of nitrogens with one attached hydrogen (secondary N) is 1. The Morgan fingerprint density at radius 2 is 1.90 bits per heavy atom. The Bertz CT molecular complexity index is 975. The van der Waals surface area contributed by atoms with Crippen LogP contribution in [0.4, 0.5) is 0 Å². The van der Waals surface area contributed by atoms with Gasteiger partial charge in [-0.3, -0.25) is 4.79 Å². The molecule has 1 aliphatic rings. The van der Waals surface area contributed by atoms with Gasteiger partial charge in [-0.15, -0.1) is 0 Å². The molecule has 1 atom stereocenters. The van der Waals surface area contributed by atoms with Crippen LogP contribution in [-0.2, 0) is 23.2 Å². The predicted molar refractivity (Wildman–Crippen MR) is 115 cm³/mol.